The number of carbonyl (C=O) groups excluding carboxylic acids is 1. The fourth-order valence-corrected chi connectivity index (χ4v) is 0.473. The third kappa shape index (κ3) is 3.49. The molecule has 0 saturated carbocycles. The Balaban J connectivity index is 0. The molecule has 0 bridgehead atoms. The molecule has 0 spiro atoms. The summed E-state index contributed by atoms with van der Waals surface area (Å²) in [5.74, 6) is 0.468. The van der Waals surface area contributed by atoms with E-state index in [2.05, 4.69) is 9.78 Å². The topological polar surface area (TPSA) is 35.5 Å². The first-order chi connectivity index (χ1) is 3.79. The first-order valence-corrected chi connectivity index (χ1v) is 2.29. The minimum atomic E-state index is -0.0475. The predicted molar refractivity (Wildman–Crippen MR) is 26.9 cm³/mol. The van der Waals surface area contributed by atoms with E-state index in [0.717, 1.165) is 0 Å². The summed E-state index contributed by atoms with van der Waals surface area (Å²) in [6, 6.07) is 0. The molecule has 1 aliphatic heterocycles. The van der Waals surface area contributed by atoms with Crippen LogP contribution in [0.2, 0.25) is 0 Å². The number of rotatable bonds is 0. The normalized spacial score (nSPS) is 17.4. The van der Waals surface area contributed by atoms with Crippen molar-refractivity contribution in [1.82, 2.24) is 0 Å². The Morgan fingerprint density at radius 1 is 1.78 bits per heavy atom. The number of carbonyl (C=O) groups is 1. The van der Waals surface area contributed by atoms with Gasteiger partial charge in [0.15, 0.2) is 12.4 Å². The van der Waals surface area contributed by atoms with Gasteiger partial charge in [0.05, 0.1) is 0 Å². The summed E-state index contributed by atoms with van der Waals surface area (Å²) in [4.78, 5) is 19.3. The van der Waals surface area contributed by atoms with E-state index in [-0.39, 0.29) is 65.2 Å². The van der Waals surface area contributed by atoms with E-state index in [1.807, 2.05) is 0 Å². The molecule has 0 saturated heterocycles. The number of allylic oxidation sites excluding steroid dienone is 1. The Labute approximate surface area is 97.2 Å². The van der Waals surface area contributed by atoms with Gasteiger partial charge in [0, 0.05) is 6.08 Å². The van der Waals surface area contributed by atoms with Gasteiger partial charge in [-0.25, -0.2) is 0 Å². The monoisotopic (exact) mass is 154 g/mol. The van der Waals surface area contributed by atoms with Crippen LogP contribution in [-0.4, -0.2) is 12.4 Å². The van der Waals surface area contributed by atoms with Crippen LogP contribution in [0.5, 0.6) is 0 Å². The molecule has 0 amide bonds. The van der Waals surface area contributed by atoms with Crippen molar-refractivity contribution in [3.8, 4) is 0 Å². The summed E-state index contributed by atoms with van der Waals surface area (Å²) < 4.78 is 0. The fourth-order valence-electron chi connectivity index (χ4n) is 0.473. The van der Waals surface area contributed by atoms with Crippen LogP contribution in [0.15, 0.2) is 11.8 Å². The maximum absolute atomic E-state index is 10.4. The van der Waals surface area contributed by atoms with Gasteiger partial charge in [-0.2, -0.15) is 4.89 Å². The van der Waals surface area contributed by atoms with Crippen LogP contribution >= 0.6 is 0 Å². The van der Waals surface area contributed by atoms with Crippen molar-refractivity contribution in [3.63, 3.8) is 0 Å². The van der Waals surface area contributed by atoms with E-state index in [4.69, 9.17) is 0 Å². The van der Waals surface area contributed by atoms with Crippen molar-refractivity contribution in [1.29, 1.82) is 0 Å². The molecule has 0 aromatic heterocycles. The molecule has 1 rings (SSSR count). The van der Waals surface area contributed by atoms with Crippen LogP contribution in [-0.2, 0) is 14.6 Å². The molecule has 1 heterocycles. The summed E-state index contributed by atoms with van der Waals surface area (Å²) >= 11 is 0. The molecule has 0 aromatic carbocycles. The van der Waals surface area contributed by atoms with Crippen molar-refractivity contribution in [2.24, 2.45) is 0 Å². The number of hydrogen-bond acceptors (Lipinski definition) is 3. The molecule has 0 aromatic rings. The van der Waals surface area contributed by atoms with E-state index in [1.165, 1.54) is 6.08 Å². The fraction of sp³-hybridized carbons (Fsp3) is 0.400. The van der Waals surface area contributed by atoms with Gasteiger partial charge in [0.1, 0.15) is 5.76 Å². The van der Waals surface area contributed by atoms with Gasteiger partial charge in [-0.3, -0.25) is 4.79 Å². The third-order valence-electron chi connectivity index (χ3n) is 0.756. The maximum Gasteiger partial charge on any atom is 1.00 e. The summed E-state index contributed by atoms with van der Waals surface area (Å²) in [7, 11) is 0. The molecule has 0 radical (unpaired) electrons. The Morgan fingerprint density at radius 2 is 2.44 bits per heavy atom. The summed E-state index contributed by atoms with van der Waals surface area (Å²) in [6.45, 7) is 1.70. The van der Waals surface area contributed by atoms with Crippen molar-refractivity contribution < 1.29 is 67.4 Å². The van der Waals surface area contributed by atoms with Crippen LogP contribution in [0.3, 0.4) is 0 Å². The third-order valence-corrected chi connectivity index (χ3v) is 0.756. The summed E-state index contributed by atoms with van der Waals surface area (Å²) in [5.41, 5.74) is 0. The van der Waals surface area contributed by atoms with Crippen molar-refractivity contribution in [2.45, 2.75) is 6.92 Å². The summed E-state index contributed by atoms with van der Waals surface area (Å²) in [6.07, 6.45) is 1.41. The average Bonchev–Trinajstić information content (AvgIpc) is 1.64. The van der Waals surface area contributed by atoms with Gasteiger partial charge in [0.2, 0.25) is 0 Å². The Hall–Kier alpha value is 0.806. The van der Waals surface area contributed by atoms with Crippen LogP contribution in [0.25, 0.3) is 0 Å². The second-order valence-electron chi connectivity index (χ2n) is 1.57. The first kappa shape index (κ1) is 9.81. The van der Waals surface area contributed by atoms with Gasteiger partial charge >= 0.3 is 51.4 Å². The van der Waals surface area contributed by atoms with Gasteiger partial charge in [-0.15, -0.1) is 0 Å². The van der Waals surface area contributed by atoms with Crippen molar-refractivity contribution in [2.75, 3.05) is 6.61 Å². The number of ketones is 1. The molecular weight excluding hydrogens is 147 g/mol. The summed E-state index contributed by atoms with van der Waals surface area (Å²) in [5, 5.41) is 0. The minimum Gasteiger partial charge on any atom is -1.00 e. The van der Waals surface area contributed by atoms with Gasteiger partial charge in [0.25, 0.3) is 0 Å². The largest absolute Gasteiger partial charge is 1.00 e. The molecule has 0 fully saturated rings. The molecule has 1 aliphatic rings. The smallest absolute Gasteiger partial charge is 1.00 e. The molecule has 0 unspecified atom stereocenters. The van der Waals surface area contributed by atoms with E-state index >= 15 is 0 Å². The Kier molecular flexibility index (Phi) is 5.01. The van der Waals surface area contributed by atoms with Crippen LogP contribution in [0.1, 0.15) is 8.35 Å². The Morgan fingerprint density at radius 3 is 2.78 bits per heavy atom. The van der Waals surface area contributed by atoms with Crippen molar-refractivity contribution in [3.05, 3.63) is 11.8 Å². The second kappa shape index (κ2) is 4.60. The second-order valence-corrected chi connectivity index (χ2v) is 1.57. The number of hydrogen-bond donors (Lipinski definition) is 0. The van der Waals surface area contributed by atoms with E-state index in [9.17, 15) is 4.79 Å². The molecule has 0 aliphatic carbocycles. The van der Waals surface area contributed by atoms with Gasteiger partial charge < -0.3 is 6.31 Å². The van der Waals surface area contributed by atoms with Crippen LogP contribution in [0, 0.1) is 0 Å². The quantitative estimate of drug-likeness (QED) is 0.287. The SMILES string of the molecule is CC1=CC(=O)COO1.[H-].[K+]. The predicted octanol–water partition coefficient (Wildman–Crippen LogP) is -2.46. The van der Waals surface area contributed by atoms with E-state index in [0.29, 0.717) is 5.76 Å². The molecule has 4 heteroatoms. The molecule has 3 nitrogen and oxygen atoms in total. The first-order valence-electron chi connectivity index (χ1n) is 2.29. The zero-order valence-electron chi connectivity index (χ0n) is 6.51. The zero-order valence-corrected chi connectivity index (χ0v) is 8.63. The zero-order chi connectivity index (χ0) is 5.98. The van der Waals surface area contributed by atoms with Crippen LogP contribution in [0.4, 0.5) is 0 Å². The Bertz CT molecular complexity index is 146. The maximum atomic E-state index is 10.4. The van der Waals surface area contributed by atoms with Gasteiger partial charge in [-0.05, 0) is 6.92 Å². The van der Waals surface area contributed by atoms with Gasteiger partial charge in [-0.1, -0.05) is 0 Å². The van der Waals surface area contributed by atoms with Crippen molar-refractivity contribution >= 4 is 5.78 Å². The van der Waals surface area contributed by atoms with E-state index in [1.54, 1.807) is 6.92 Å². The molecule has 46 valence electrons. The van der Waals surface area contributed by atoms with E-state index < -0.39 is 0 Å². The molecule has 0 N–H and O–H groups in total. The molecule has 9 heavy (non-hydrogen) atoms. The average molecular weight is 154 g/mol. The minimum absolute atomic E-state index is 0. The van der Waals surface area contributed by atoms with Crippen LogP contribution < -0.4 is 51.4 Å². The standard InChI is InChI=1S/C5H6O3.K.H/c1-4-2-5(6)3-7-8-4;;/h2H,3H2,1H3;;/q;+1;-1. The molecular formula is C5H7KO3. The molecule has 0 atom stereocenters.